The van der Waals surface area contributed by atoms with E-state index in [0.717, 1.165) is 0 Å². The zero-order chi connectivity index (χ0) is 18.6. The van der Waals surface area contributed by atoms with E-state index < -0.39 is 35.2 Å². The second-order valence-corrected chi connectivity index (χ2v) is 5.29. The first-order valence-corrected chi connectivity index (χ1v) is 6.78. The summed E-state index contributed by atoms with van der Waals surface area (Å²) in [7, 11) is 0. The Labute approximate surface area is 138 Å². The number of nitrogens with zero attached hydrogens (tertiary/aromatic N) is 1. The lowest BCUT2D eigenvalue weighted by atomic mass is 9.92. The Hall–Kier alpha value is -1.88. The third-order valence-electron chi connectivity index (χ3n) is 2.97. The first kappa shape index (κ1) is 20.2. The predicted octanol–water partition coefficient (Wildman–Crippen LogP) is 2.66. The zero-order valence-corrected chi connectivity index (χ0v) is 12.8. The van der Waals surface area contributed by atoms with Crippen molar-refractivity contribution in [2.45, 2.75) is 30.8 Å². The first-order valence-electron chi connectivity index (χ1n) is 6.37. The van der Waals surface area contributed by atoms with Crippen LogP contribution in [-0.2, 0) is 6.42 Å². The fraction of sp³-hybridized carbons (Fsp3) is 0.385. The molecule has 0 aliphatic heterocycles. The average Bonchev–Trinajstić information content (AvgIpc) is 2.43. The molecule has 0 atom stereocenters. The molecule has 0 radical (unpaired) electrons. The molecule has 0 aromatic heterocycles. The SMILES string of the molecule is NC(=S)N/N=C(\Cc1ccccc1)CC(O)(C(F)(F)F)C(F)(F)F. The van der Waals surface area contributed by atoms with Crippen molar-refractivity contribution >= 4 is 23.0 Å². The molecule has 0 heterocycles. The highest BCUT2D eigenvalue weighted by Gasteiger charge is 2.70. The Morgan fingerprint density at radius 1 is 1.08 bits per heavy atom. The van der Waals surface area contributed by atoms with Crippen LogP contribution in [0.1, 0.15) is 12.0 Å². The monoisotopic (exact) mass is 373 g/mol. The number of hydrogen-bond acceptors (Lipinski definition) is 3. The van der Waals surface area contributed by atoms with Gasteiger partial charge in [-0.3, -0.25) is 5.43 Å². The van der Waals surface area contributed by atoms with Gasteiger partial charge < -0.3 is 10.8 Å². The molecule has 0 aliphatic rings. The lowest BCUT2D eigenvalue weighted by Gasteiger charge is -2.32. The Morgan fingerprint density at radius 3 is 2.00 bits per heavy atom. The van der Waals surface area contributed by atoms with Crippen molar-refractivity contribution in [3.05, 3.63) is 35.9 Å². The molecule has 0 fully saturated rings. The normalized spacial score (nSPS) is 13.7. The first-order chi connectivity index (χ1) is 10.9. The maximum absolute atomic E-state index is 12.8. The maximum Gasteiger partial charge on any atom is 0.426 e. The second-order valence-electron chi connectivity index (χ2n) is 4.85. The highest BCUT2D eigenvalue weighted by Crippen LogP contribution is 2.45. The third-order valence-corrected chi connectivity index (χ3v) is 3.06. The molecule has 1 rings (SSSR count). The summed E-state index contributed by atoms with van der Waals surface area (Å²) >= 11 is 4.42. The molecule has 0 unspecified atom stereocenters. The van der Waals surface area contributed by atoms with Crippen LogP contribution in [0.5, 0.6) is 0 Å². The molecular weight excluding hydrogens is 360 g/mol. The van der Waals surface area contributed by atoms with E-state index in [1.807, 2.05) is 5.43 Å². The van der Waals surface area contributed by atoms with Crippen LogP contribution in [0.25, 0.3) is 0 Å². The van der Waals surface area contributed by atoms with E-state index in [1.54, 1.807) is 18.2 Å². The van der Waals surface area contributed by atoms with Crippen LogP contribution in [0.15, 0.2) is 35.4 Å². The van der Waals surface area contributed by atoms with Crippen LogP contribution >= 0.6 is 12.2 Å². The highest BCUT2D eigenvalue weighted by atomic mass is 32.1. The van der Waals surface area contributed by atoms with Gasteiger partial charge in [-0.2, -0.15) is 31.4 Å². The highest BCUT2D eigenvalue weighted by molar-refractivity contribution is 7.80. The number of halogens is 6. The van der Waals surface area contributed by atoms with Crippen molar-refractivity contribution in [3.63, 3.8) is 0 Å². The van der Waals surface area contributed by atoms with E-state index in [1.165, 1.54) is 12.1 Å². The average molecular weight is 373 g/mol. The molecule has 24 heavy (non-hydrogen) atoms. The number of nitrogens with two attached hydrogens (primary N) is 1. The molecule has 0 bridgehead atoms. The van der Waals surface area contributed by atoms with Gasteiger partial charge in [0.1, 0.15) is 0 Å². The maximum atomic E-state index is 12.8. The van der Waals surface area contributed by atoms with Gasteiger partial charge in [-0.25, -0.2) is 0 Å². The van der Waals surface area contributed by atoms with Gasteiger partial charge >= 0.3 is 12.4 Å². The van der Waals surface area contributed by atoms with Crippen molar-refractivity contribution < 1.29 is 31.4 Å². The van der Waals surface area contributed by atoms with Crippen molar-refractivity contribution in [2.24, 2.45) is 10.8 Å². The minimum atomic E-state index is -5.94. The molecule has 0 aliphatic carbocycles. The summed E-state index contributed by atoms with van der Waals surface area (Å²) in [6.07, 6.45) is -14.1. The number of nitrogens with one attached hydrogen (secondary N) is 1. The fourth-order valence-electron chi connectivity index (χ4n) is 1.76. The topological polar surface area (TPSA) is 70.6 Å². The van der Waals surface area contributed by atoms with E-state index in [-0.39, 0.29) is 6.42 Å². The largest absolute Gasteiger partial charge is 0.426 e. The minimum absolute atomic E-state index is 0.370. The molecule has 4 N–H and O–H groups in total. The second kappa shape index (κ2) is 7.34. The summed E-state index contributed by atoms with van der Waals surface area (Å²) < 4.78 is 76.8. The van der Waals surface area contributed by atoms with Gasteiger partial charge in [0.2, 0.25) is 0 Å². The van der Waals surface area contributed by atoms with Crippen LogP contribution < -0.4 is 11.2 Å². The Bertz CT molecular complexity index is 586. The van der Waals surface area contributed by atoms with Gasteiger partial charge in [0.15, 0.2) is 5.11 Å². The Balaban J connectivity index is 3.19. The van der Waals surface area contributed by atoms with E-state index in [9.17, 15) is 31.4 Å². The summed E-state index contributed by atoms with van der Waals surface area (Å²) in [6.45, 7) is 0. The molecular formula is C13H13F6N3OS. The minimum Gasteiger partial charge on any atom is -0.375 e. The number of hydrogen-bond donors (Lipinski definition) is 3. The van der Waals surface area contributed by atoms with Crippen LogP contribution in [0.3, 0.4) is 0 Å². The van der Waals surface area contributed by atoms with Gasteiger partial charge in [0.25, 0.3) is 5.60 Å². The molecule has 0 spiro atoms. The molecule has 1 aromatic rings. The van der Waals surface area contributed by atoms with Crippen molar-refractivity contribution in [1.29, 1.82) is 0 Å². The molecule has 1 aromatic carbocycles. The smallest absolute Gasteiger partial charge is 0.375 e. The number of thiocarbonyl (C=S) groups is 1. The standard InChI is InChI=1S/C13H13F6N3OS/c14-12(15,16)11(23,13(17,18)19)7-9(21-22-10(20)24)6-8-4-2-1-3-5-8/h1-5,23H,6-7H2,(H3,20,22,24)/b21-9+. The van der Waals surface area contributed by atoms with Gasteiger partial charge in [0, 0.05) is 18.6 Å². The van der Waals surface area contributed by atoms with Crippen LogP contribution in [0, 0.1) is 0 Å². The Morgan fingerprint density at radius 2 is 1.58 bits per heavy atom. The summed E-state index contributed by atoms with van der Waals surface area (Å²) in [4.78, 5) is 0. The van der Waals surface area contributed by atoms with Gasteiger partial charge in [-0.15, -0.1) is 0 Å². The van der Waals surface area contributed by atoms with Crippen molar-refractivity contribution in [3.8, 4) is 0 Å². The summed E-state index contributed by atoms with van der Waals surface area (Å²) in [5, 5.41) is 12.2. The van der Waals surface area contributed by atoms with Crippen LogP contribution in [-0.4, -0.2) is 33.9 Å². The quantitative estimate of drug-likeness (QED) is 0.321. The zero-order valence-electron chi connectivity index (χ0n) is 11.9. The number of aliphatic hydroxyl groups is 1. The van der Waals surface area contributed by atoms with E-state index in [4.69, 9.17) is 5.73 Å². The Kier molecular flexibility index (Phi) is 6.17. The summed E-state index contributed by atoms with van der Waals surface area (Å²) in [6, 6.07) is 7.68. The lowest BCUT2D eigenvalue weighted by molar-refractivity contribution is -0.365. The fourth-order valence-corrected chi connectivity index (χ4v) is 1.81. The number of hydrazone groups is 1. The van der Waals surface area contributed by atoms with E-state index in [0.29, 0.717) is 5.56 Å². The van der Waals surface area contributed by atoms with Gasteiger partial charge in [-0.05, 0) is 17.8 Å². The van der Waals surface area contributed by atoms with Crippen LogP contribution in [0.4, 0.5) is 26.3 Å². The van der Waals surface area contributed by atoms with Gasteiger partial charge in [-0.1, -0.05) is 30.3 Å². The molecule has 11 heteroatoms. The molecule has 0 saturated heterocycles. The lowest BCUT2D eigenvalue weighted by Crippen LogP contribution is -2.58. The third kappa shape index (κ3) is 5.06. The molecule has 0 saturated carbocycles. The van der Waals surface area contributed by atoms with Crippen molar-refractivity contribution in [1.82, 2.24) is 5.43 Å². The predicted molar refractivity (Wildman–Crippen MR) is 79.2 cm³/mol. The number of rotatable bonds is 5. The van der Waals surface area contributed by atoms with E-state index >= 15 is 0 Å². The van der Waals surface area contributed by atoms with Crippen molar-refractivity contribution in [2.75, 3.05) is 0 Å². The molecule has 0 amide bonds. The number of benzene rings is 1. The van der Waals surface area contributed by atoms with Gasteiger partial charge in [0.05, 0.1) is 0 Å². The summed E-state index contributed by atoms with van der Waals surface area (Å²) in [5.41, 5.74) is 1.86. The van der Waals surface area contributed by atoms with E-state index in [2.05, 4.69) is 17.3 Å². The summed E-state index contributed by atoms with van der Waals surface area (Å²) in [5.74, 6) is 0. The number of alkyl halides is 6. The molecule has 134 valence electrons. The molecule has 4 nitrogen and oxygen atoms in total. The van der Waals surface area contributed by atoms with Crippen LogP contribution in [0.2, 0.25) is 0 Å².